The number of pyridine rings is 1. The van der Waals surface area contributed by atoms with Crippen LogP contribution in [-0.2, 0) is 0 Å². The number of aryl methyl sites for hydroxylation is 1. The lowest BCUT2D eigenvalue weighted by molar-refractivity contribution is 1.04. The molecule has 0 fully saturated rings. The summed E-state index contributed by atoms with van der Waals surface area (Å²) in [6, 6.07) is 10.2. The first-order valence-electron chi connectivity index (χ1n) is 5.49. The number of hydrogen-bond donors (Lipinski definition) is 1. The molecule has 1 N–H and O–H groups in total. The van der Waals surface area contributed by atoms with E-state index in [9.17, 15) is 0 Å². The molecule has 0 aliphatic heterocycles. The quantitative estimate of drug-likeness (QED) is 0.521. The molecule has 3 nitrogen and oxygen atoms in total. The van der Waals surface area contributed by atoms with Gasteiger partial charge < -0.3 is 4.98 Å². The maximum Gasteiger partial charge on any atom is 0.184 e. The largest absolute Gasteiger partial charge is 0.329 e. The summed E-state index contributed by atoms with van der Waals surface area (Å²) >= 11 is 7.68. The van der Waals surface area contributed by atoms with Crippen LogP contribution in [0.4, 0.5) is 0 Å². The van der Waals surface area contributed by atoms with Crippen molar-refractivity contribution < 1.29 is 0 Å². The van der Waals surface area contributed by atoms with Crippen molar-refractivity contribution in [2.24, 2.45) is 0 Å². The molecule has 2 aromatic heterocycles. The van der Waals surface area contributed by atoms with Crippen LogP contribution in [0.3, 0.4) is 0 Å². The van der Waals surface area contributed by atoms with Crippen LogP contribution in [0, 0.1) is 15.3 Å². The van der Waals surface area contributed by atoms with Crippen LogP contribution in [0.2, 0.25) is 0 Å². The van der Waals surface area contributed by atoms with Crippen molar-refractivity contribution in [2.75, 3.05) is 0 Å². The maximum absolute atomic E-state index is 5.39. The Hall–Kier alpha value is -1.21. The van der Waals surface area contributed by atoms with Crippen molar-refractivity contribution in [3.63, 3.8) is 0 Å². The highest BCUT2D eigenvalue weighted by molar-refractivity contribution is 14.1. The Balaban J connectivity index is 2.35. The lowest BCUT2D eigenvalue weighted by Crippen LogP contribution is -1.95. The topological polar surface area (TPSA) is 33.6 Å². The van der Waals surface area contributed by atoms with Crippen LogP contribution < -0.4 is 0 Å². The summed E-state index contributed by atoms with van der Waals surface area (Å²) in [6.07, 6.45) is 1.81. The molecule has 0 atom stereocenters. The number of halogens is 1. The van der Waals surface area contributed by atoms with E-state index in [2.05, 4.69) is 56.8 Å². The van der Waals surface area contributed by atoms with Gasteiger partial charge in [-0.3, -0.25) is 4.57 Å². The van der Waals surface area contributed by atoms with Gasteiger partial charge in [0.1, 0.15) is 0 Å². The highest BCUT2D eigenvalue weighted by atomic mass is 127. The number of nitrogens with zero attached hydrogens (tertiary/aromatic N) is 2. The maximum atomic E-state index is 5.39. The van der Waals surface area contributed by atoms with Crippen LogP contribution >= 0.6 is 34.8 Å². The van der Waals surface area contributed by atoms with Gasteiger partial charge in [0.15, 0.2) is 10.4 Å². The first-order chi connectivity index (χ1) is 8.66. The molecule has 0 saturated carbocycles. The van der Waals surface area contributed by atoms with E-state index in [0.717, 1.165) is 22.4 Å². The van der Waals surface area contributed by atoms with Crippen LogP contribution in [0.1, 0.15) is 5.56 Å². The summed E-state index contributed by atoms with van der Waals surface area (Å²) in [4.78, 5) is 7.65. The molecule has 3 rings (SSSR count). The molecule has 5 heteroatoms. The van der Waals surface area contributed by atoms with Gasteiger partial charge in [-0.2, -0.15) is 0 Å². The van der Waals surface area contributed by atoms with Crippen molar-refractivity contribution in [1.82, 2.24) is 14.5 Å². The Kier molecular flexibility index (Phi) is 2.95. The predicted molar refractivity (Wildman–Crippen MR) is 83.7 cm³/mol. The highest BCUT2D eigenvalue weighted by Crippen LogP contribution is 2.20. The molecule has 0 unspecified atom stereocenters. The second-order valence-electron chi connectivity index (χ2n) is 4.07. The van der Waals surface area contributed by atoms with Gasteiger partial charge in [-0.25, -0.2) is 4.98 Å². The average Bonchev–Trinajstić information content (AvgIpc) is 2.69. The first kappa shape index (κ1) is 11.9. The summed E-state index contributed by atoms with van der Waals surface area (Å²) in [5.74, 6) is 0. The number of fused-ring (bicyclic) bond motifs is 1. The number of H-pyrrole nitrogens is 1. The smallest absolute Gasteiger partial charge is 0.184 e. The molecule has 0 aliphatic rings. The monoisotopic (exact) mass is 367 g/mol. The highest BCUT2D eigenvalue weighted by Gasteiger charge is 2.08. The molecule has 0 saturated heterocycles. The lowest BCUT2D eigenvalue weighted by Gasteiger charge is -2.04. The van der Waals surface area contributed by atoms with Crippen molar-refractivity contribution in [2.45, 2.75) is 6.92 Å². The Bertz CT molecular complexity index is 771. The summed E-state index contributed by atoms with van der Waals surface area (Å²) < 4.78 is 3.84. The zero-order valence-corrected chi connectivity index (χ0v) is 12.6. The van der Waals surface area contributed by atoms with Gasteiger partial charge >= 0.3 is 0 Å². The molecule has 0 radical (unpaired) electrons. The van der Waals surface area contributed by atoms with Crippen molar-refractivity contribution in [3.05, 3.63) is 50.4 Å². The summed E-state index contributed by atoms with van der Waals surface area (Å²) in [5.41, 5.74) is 4.06. The number of aromatic nitrogens is 3. The number of hydrogen-bond acceptors (Lipinski definition) is 2. The molecule has 18 heavy (non-hydrogen) atoms. The van der Waals surface area contributed by atoms with Crippen molar-refractivity contribution in [1.29, 1.82) is 0 Å². The lowest BCUT2D eigenvalue weighted by atomic mass is 10.2. The Labute approximate surface area is 123 Å². The molecule has 0 bridgehead atoms. The zero-order valence-electron chi connectivity index (χ0n) is 9.64. The van der Waals surface area contributed by atoms with Crippen LogP contribution in [-0.4, -0.2) is 14.5 Å². The van der Waals surface area contributed by atoms with Gasteiger partial charge in [0.05, 0.1) is 5.52 Å². The molecule has 1 aromatic carbocycles. The minimum absolute atomic E-state index is 0.674. The summed E-state index contributed by atoms with van der Waals surface area (Å²) in [7, 11) is 0. The fraction of sp³-hybridized carbons (Fsp3) is 0.0769. The van der Waals surface area contributed by atoms with E-state index in [4.69, 9.17) is 12.2 Å². The van der Waals surface area contributed by atoms with Crippen molar-refractivity contribution in [3.8, 4) is 5.69 Å². The second-order valence-corrected chi connectivity index (χ2v) is 5.70. The molecular weight excluding hydrogens is 357 g/mol. The second kappa shape index (κ2) is 4.47. The van der Waals surface area contributed by atoms with Gasteiger partial charge in [0.2, 0.25) is 0 Å². The minimum atomic E-state index is 0.674. The van der Waals surface area contributed by atoms with E-state index >= 15 is 0 Å². The number of aromatic amines is 1. The van der Waals surface area contributed by atoms with Crippen molar-refractivity contribution >= 4 is 46.0 Å². The summed E-state index contributed by atoms with van der Waals surface area (Å²) in [6.45, 7) is 2.05. The Morgan fingerprint density at radius 1 is 1.22 bits per heavy atom. The number of rotatable bonds is 1. The first-order valence-corrected chi connectivity index (χ1v) is 6.98. The molecule has 0 aliphatic carbocycles. The van der Waals surface area contributed by atoms with E-state index in [1.165, 1.54) is 3.57 Å². The fourth-order valence-corrected chi connectivity index (χ4v) is 2.61. The molecular formula is C13H10IN3S. The van der Waals surface area contributed by atoms with Gasteiger partial charge in [-0.1, -0.05) is 0 Å². The predicted octanol–water partition coefficient (Wildman–Crippen LogP) is 4.00. The zero-order chi connectivity index (χ0) is 12.7. The van der Waals surface area contributed by atoms with Gasteiger partial charge in [-0.05, 0) is 77.6 Å². The molecule has 90 valence electrons. The van der Waals surface area contributed by atoms with E-state index in [1.54, 1.807) is 0 Å². The normalized spacial score (nSPS) is 11.0. The van der Waals surface area contributed by atoms with E-state index in [1.807, 2.05) is 23.8 Å². The molecule has 3 aromatic rings. The Morgan fingerprint density at radius 3 is 2.67 bits per heavy atom. The van der Waals surface area contributed by atoms with Gasteiger partial charge in [-0.15, -0.1) is 0 Å². The van der Waals surface area contributed by atoms with E-state index < -0.39 is 0 Å². The summed E-state index contributed by atoms with van der Waals surface area (Å²) in [5, 5.41) is 0. The fourth-order valence-electron chi connectivity index (χ4n) is 1.96. The third kappa shape index (κ3) is 1.87. The third-order valence-corrected chi connectivity index (χ3v) is 3.87. The molecule has 2 heterocycles. The standard InChI is InChI=1S/C13H10IN3S/c1-8-6-7-15-12-11(8)16-13(18)17(12)10-4-2-9(14)3-5-10/h2-7H,1H3,(H,16,18). The van der Waals surface area contributed by atoms with E-state index in [0.29, 0.717) is 4.77 Å². The molecule has 0 spiro atoms. The average molecular weight is 367 g/mol. The van der Waals surface area contributed by atoms with Crippen LogP contribution in [0.15, 0.2) is 36.5 Å². The minimum Gasteiger partial charge on any atom is -0.329 e. The molecule has 0 amide bonds. The number of nitrogens with one attached hydrogen (secondary N) is 1. The third-order valence-electron chi connectivity index (χ3n) is 2.87. The number of benzene rings is 1. The Morgan fingerprint density at radius 2 is 1.94 bits per heavy atom. The van der Waals surface area contributed by atoms with E-state index in [-0.39, 0.29) is 0 Å². The van der Waals surface area contributed by atoms with Crippen LogP contribution in [0.25, 0.3) is 16.9 Å². The van der Waals surface area contributed by atoms with Gasteiger partial charge in [0.25, 0.3) is 0 Å². The SMILES string of the molecule is Cc1ccnc2c1[nH]c(=S)n2-c1ccc(I)cc1. The van der Waals surface area contributed by atoms with Gasteiger partial charge in [0, 0.05) is 15.5 Å². The number of imidazole rings is 1. The van der Waals surface area contributed by atoms with Crippen LogP contribution in [0.5, 0.6) is 0 Å².